The molecule has 5 rings (SSSR count). The van der Waals surface area contributed by atoms with Crippen molar-refractivity contribution >= 4 is 22.6 Å². The highest BCUT2D eigenvalue weighted by Crippen LogP contribution is 2.30. The van der Waals surface area contributed by atoms with E-state index in [1.807, 2.05) is 54.3 Å². The second kappa shape index (κ2) is 8.38. The molecular weight excluding hydrogens is 403 g/mol. The van der Waals surface area contributed by atoms with Gasteiger partial charge in [-0.3, -0.25) is 9.78 Å². The first-order chi connectivity index (χ1) is 15.6. The van der Waals surface area contributed by atoms with Gasteiger partial charge in [0.25, 0.3) is 5.91 Å². The van der Waals surface area contributed by atoms with Crippen molar-refractivity contribution in [3.8, 4) is 11.1 Å². The van der Waals surface area contributed by atoms with Gasteiger partial charge in [0.1, 0.15) is 11.6 Å². The van der Waals surface area contributed by atoms with Crippen LogP contribution < -0.4 is 4.90 Å². The summed E-state index contributed by atoms with van der Waals surface area (Å²) >= 11 is 0. The first-order valence-electron chi connectivity index (χ1n) is 10.7. The van der Waals surface area contributed by atoms with Crippen molar-refractivity contribution in [2.75, 3.05) is 31.1 Å². The predicted molar refractivity (Wildman–Crippen MR) is 124 cm³/mol. The maximum atomic E-state index is 13.5. The average Bonchev–Trinajstić information content (AvgIpc) is 2.84. The summed E-state index contributed by atoms with van der Waals surface area (Å²) in [6.07, 6.45) is 1.79. The number of piperazine rings is 1. The molecule has 0 aliphatic carbocycles. The topological polar surface area (TPSA) is 49.3 Å². The van der Waals surface area contributed by atoms with Gasteiger partial charge in [-0.1, -0.05) is 36.4 Å². The Morgan fingerprint density at radius 2 is 1.72 bits per heavy atom. The van der Waals surface area contributed by atoms with Crippen LogP contribution in [0.25, 0.3) is 22.0 Å². The van der Waals surface area contributed by atoms with Gasteiger partial charge in [0.05, 0.1) is 11.1 Å². The Morgan fingerprint density at radius 1 is 0.938 bits per heavy atom. The maximum Gasteiger partial charge on any atom is 0.254 e. The monoisotopic (exact) mass is 426 g/mol. The lowest BCUT2D eigenvalue weighted by Crippen LogP contribution is -2.49. The first kappa shape index (κ1) is 20.1. The molecule has 1 amide bonds. The molecule has 0 saturated carbocycles. The van der Waals surface area contributed by atoms with Gasteiger partial charge in [-0.05, 0) is 42.8 Å². The Balaban J connectivity index is 1.46. The Morgan fingerprint density at radius 3 is 2.44 bits per heavy atom. The van der Waals surface area contributed by atoms with Crippen LogP contribution in [0.1, 0.15) is 16.1 Å². The van der Waals surface area contributed by atoms with E-state index in [-0.39, 0.29) is 11.7 Å². The molecule has 0 unspecified atom stereocenters. The van der Waals surface area contributed by atoms with E-state index >= 15 is 0 Å². The standard InChI is InChI=1S/C26H23FN4O/c1-18-17-23(26(32)31-15-13-30(14-16-31)24-7-2-3-12-28-24)22-6-4-5-21(25(22)29-18)19-8-10-20(27)11-9-19/h2-12,17H,13-16H2,1H3. The number of benzene rings is 2. The van der Waals surface area contributed by atoms with Gasteiger partial charge < -0.3 is 9.80 Å². The van der Waals surface area contributed by atoms with Crippen LogP contribution in [0.5, 0.6) is 0 Å². The van der Waals surface area contributed by atoms with Crippen molar-refractivity contribution in [1.29, 1.82) is 0 Å². The van der Waals surface area contributed by atoms with Crippen LogP contribution in [-0.4, -0.2) is 47.0 Å². The quantitative estimate of drug-likeness (QED) is 0.476. The molecule has 2 aromatic carbocycles. The number of halogens is 1. The van der Waals surface area contributed by atoms with Crippen LogP contribution in [0, 0.1) is 12.7 Å². The van der Waals surface area contributed by atoms with E-state index in [2.05, 4.69) is 9.88 Å². The minimum atomic E-state index is -0.279. The zero-order valence-electron chi connectivity index (χ0n) is 17.8. The number of amides is 1. The van der Waals surface area contributed by atoms with Gasteiger partial charge in [-0.2, -0.15) is 0 Å². The molecule has 0 bridgehead atoms. The van der Waals surface area contributed by atoms with E-state index in [4.69, 9.17) is 4.98 Å². The molecule has 3 heterocycles. The minimum absolute atomic E-state index is 0.0115. The molecule has 0 atom stereocenters. The number of hydrogen-bond donors (Lipinski definition) is 0. The number of carbonyl (C=O) groups excluding carboxylic acids is 1. The lowest BCUT2D eigenvalue weighted by Gasteiger charge is -2.35. The van der Waals surface area contributed by atoms with E-state index in [1.54, 1.807) is 18.3 Å². The average molecular weight is 426 g/mol. The van der Waals surface area contributed by atoms with Gasteiger partial charge in [0.15, 0.2) is 0 Å². The molecule has 0 radical (unpaired) electrons. The van der Waals surface area contributed by atoms with E-state index in [1.165, 1.54) is 12.1 Å². The third-order valence-corrected chi connectivity index (χ3v) is 5.89. The zero-order valence-corrected chi connectivity index (χ0v) is 17.8. The van der Waals surface area contributed by atoms with Crippen LogP contribution in [-0.2, 0) is 0 Å². The van der Waals surface area contributed by atoms with Crippen LogP contribution in [0.4, 0.5) is 10.2 Å². The SMILES string of the molecule is Cc1cc(C(=O)N2CCN(c3ccccn3)CC2)c2cccc(-c3ccc(F)cc3)c2n1. The van der Waals surface area contributed by atoms with E-state index in [0.29, 0.717) is 18.7 Å². The summed E-state index contributed by atoms with van der Waals surface area (Å²) in [4.78, 5) is 26.8. The smallest absolute Gasteiger partial charge is 0.254 e. The molecule has 6 heteroatoms. The second-order valence-electron chi connectivity index (χ2n) is 7.99. The van der Waals surface area contributed by atoms with Crippen LogP contribution in [0.2, 0.25) is 0 Å². The number of hydrogen-bond acceptors (Lipinski definition) is 4. The molecule has 5 nitrogen and oxygen atoms in total. The molecule has 1 fully saturated rings. The van der Waals surface area contributed by atoms with Gasteiger partial charge in [0.2, 0.25) is 0 Å². The van der Waals surface area contributed by atoms with Crippen molar-refractivity contribution in [3.05, 3.63) is 90.0 Å². The minimum Gasteiger partial charge on any atom is -0.353 e. The molecular formula is C26H23FN4O. The summed E-state index contributed by atoms with van der Waals surface area (Å²) in [6.45, 7) is 4.65. The summed E-state index contributed by atoms with van der Waals surface area (Å²) in [7, 11) is 0. The summed E-state index contributed by atoms with van der Waals surface area (Å²) in [5.41, 5.74) is 3.96. The Kier molecular flexibility index (Phi) is 5.27. The number of carbonyl (C=O) groups is 1. The summed E-state index contributed by atoms with van der Waals surface area (Å²) in [5, 5.41) is 0.814. The fraction of sp³-hybridized carbons (Fsp3) is 0.192. The normalized spacial score (nSPS) is 14.1. The molecule has 1 aliphatic heterocycles. The Hall–Kier alpha value is -3.80. The molecule has 160 valence electrons. The van der Waals surface area contributed by atoms with Crippen molar-refractivity contribution in [2.24, 2.45) is 0 Å². The molecule has 1 aliphatic rings. The number of rotatable bonds is 3. The summed E-state index contributed by atoms with van der Waals surface area (Å²) in [6, 6.07) is 19.9. The van der Waals surface area contributed by atoms with Crippen molar-refractivity contribution < 1.29 is 9.18 Å². The highest BCUT2D eigenvalue weighted by Gasteiger charge is 2.25. The molecule has 0 N–H and O–H groups in total. The Bertz CT molecular complexity index is 1270. The highest BCUT2D eigenvalue weighted by atomic mass is 19.1. The van der Waals surface area contributed by atoms with Crippen LogP contribution in [0.3, 0.4) is 0 Å². The third-order valence-electron chi connectivity index (χ3n) is 5.89. The maximum absolute atomic E-state index is 13.5. The number of anilines is 1. The predicted octanol–water partition coefficient (Wildman–Crippen LogP) is 4.71. The Labute approximate surface area is 186 Å². The van der Waals surface area contributed by atoms with E-state index in [9.17, 15) is 9.18 Å². The van der Waals surface area contributed by atoms with Crippen molar-refractivity contribution in [3.63, 3.8) is 0 Å². The van der Waals surface area contributed by atoms with Gasteiger partial charge in [-0.15, -0.1) is 0 Å². The molecule has 2 aromatic heterocycles. The highest BCUT2D eigenvalue weighted by molar-refractivity contribution is 6.09. The van der Waals surface area contributed by atoms with Gasteiger partial charge in [-0.25, -0.2) is 9.37 Å². The lowest BCUT2D eigenvalue weighted by atomic mass is 9.98. The molecule has 1 saturated heterocycles. The third kappa shape index (κ3) is 3.80. The number of nitrogens with zero attached hydrogens (tertiary/aromatic N) is 4. The first-order valence-corrected chi connectivity index (χ1v) is 10.7. The number of aromatic nitrogens is 2. The van der Waals surface area contributed by atoms with Crippen molar-refractivity contribution in [1.82, 2.24) is 14.9 Å². The van der Waals surface area contributed by atoms with Crippen LogP contribution in [0.15, 0.2) is 72.9 Å². The fourth-order valence-corrected chi connectivity index (χ4v) is 4.27. The van der Waals surface area contributed by atoms with E-state index in [0.717, 1.165) is 46.6 Å². The molecule has 32 heavy (non-hydrogen) atoms. The second-order valence-corrected chi connectivity index (χ2v) is 7.99. The van der Waals surface area contributed by atoms with Gasteiger partial charge >= 0.3 is 0 Å². The number of pyridine rings is 2. The largest absolute Gasteiger partial charge is 0.353 e. The lowest BCUT2D eigenvalue weighted by molar-refractivity contribution is 0.0748. The van der Waals surface area contributed by atoms with Crippen LogP contribution >= 0.6 is 0 Å². The number of aryl methyl sites for hydroxylation is 1. The summed E-state index contributed by atoms with van der Waals surface area (Å²) < 4.78 is 13.4. The molecule has 0 spiro atoms. The number of fused-ring (bicyclic) bond motifs is 1. The zero-order chi connectivity index (χ0) is 22.1. The van der Waals surface area contributed by atoms with Gasteiger partial charge in [0, 0.05) is 49.0 Å². The number of para-hydroxylation sites is 1. The molecule has 4 aromatic rings. The van der Waals surface area contributed by atoms with E-state index < -0.39 is 0 Å². The summed E-state index contributed by atoms with van der Waals surface area (Å²) in [5.74, 6) is 0.671. The fourth-order valence-electron chi connectivity index (χ4n) is 4.27. The van der Waals surface area contributed by atoms with Crippen molar-refractivity contribution in [2.45, 2.75) is 6.92 Å².